The van der Waals surface area contributed by atoms with E-state index in [4.69, 9.17) is 10.5 Å². The maximum atomic E-state index is 12.1. The van der Waals surface area contributed by atoms with Crippen molar-refractivity contribution >= 4 is 17.2 Å². The van der Waals surface area contributed by atoms with Crippen LogP contribution < -0.4 is 15.8 Å². The first-order valence-corrected chi connectivity index (χ1v) is 7.30. The van der Waals surface area contributed by atoms with E-state index in [1.54, 1.807) is 42.7 Å². The summed E-state index contributed by atoms with van der Waals surface area (Å²) < 4.78 is 5.11. The maximum absolute atomic E-state index is 12.1. The smallest absolute Gasteiger partial charge is 0.251 e. The fraction of sp³-hybridized carbons (Fsp3) is 0.188. The number of rotatable bonds is 4. The molecule has 4 nitrogen and oxygen atoms in total. The maximum Gasteiger partial charge on any atom is 0.251 e. The van der Waals surface area contributed by atoms with Crippen molar-refractivity contribution in [2.24, 2.45) is 5.73 Å². The van der Waals surface area contributed by atoms with Gasteiger partial charge in [0.15, 0.2) is 0 Å². The summed E-state index contributed by atoms with van der Waals surface area (Å²) in [5.74, 6) is 6.34. The van der Waals surface area contributed by atoms with Crippen molar-refractivity contribution in [3.8, 4) is 17.6 Å². The SMILES string of the molecule is COc1cccc(C(=O)NCc2sccc2C#CCN)c1. The number of hydrogen-bond acceptors (Lipinski definition) is 4. The molecule has 3 N–H and O–H groups in total. The van der Waals surface area contributed by atoms with Gasteiger partial charge in [0.1, 0.15) is 5.75 Å². The van der Waals surface area contributed by atoms with Crippen molar-refractivity contribution in [2.45, 2.75) is 6.54 Å². The highest BCUT2D eigenvalue weighted by Gasteiger charge is 2.08. The molecule has 0 spiro atoms. The minimum atomic E-state index is -0.139. The minimum absolute atomic E-state index is 0.139. The summed E-state index contributed by atoms with van der Waals surface area (Å²) in [5, 5.41) is 4.84. The van der Waals surface area contributed by atoms with Gasteiger partial charge in [-0.1, -0.05) is 17.9 Å². The molecular formula is C16H16N2O2S. The van der Waals surface area contributed by atoms with Crippen LogP contribution in [0.4, 0.5) is 0 Å². The minimum Gasteiger partial charge on any atom is -0.497 e. The number of carbonyl (C=O) groups is 1. The lowest BCUT2D eigenvalue weighted by Crippen LogP contribution is -2.22. The summed E-state index contributed by atoms with van der Waals surface area (Å²) in [4.78, 5) is 13.1. The van der Waals surface area contributed by atoms with Crippen LogP contribution in [0, 0.1) is 11.8 Å². The van der Waals surface area contributed by atoms with E-state index in [2.05, 4.69) is 17.2 Å². The molecule has 21 heavy (non-hydrogen) atoms. The molecule has 1 aromatic heterocycles. The molecule has 0 aliphatic carbocycles. The molecular weight excluding hydrogens is 284 g/mol. The zero-order valence-electron chi connectivity index (χ0n) is 11.7. The van der Waals surface area contributed by atoms with Crippen molar-refractivity contribution in [1.82, 2.24) is 5.32 Å². The molecule has 108 valence electrons. The molecule has 0 atom stereocenters. The predicted molar refractivity (Wildman–Crippen MR) is 84.4 cm³/mol. The van der Waals surface area contributed by atoms with E-state index >= 15 is 0 Å². The van der Waals surface area contributed by atoms with Gasteiger partial charge in [-0.15, -0.1) is 11.3 Å². The first-order chi connectivity index (χ1) is 10.2. The Labute approximate surface area is 127 Å². The number of ether oxygens (including phenoxy) is 1. The Bertz CT molecular complexity index is 683. The number of amides is 1. The van der Waals surface area contributed by atoms with E-state index in [1.165, 1.54) is 0 Å². The van der Waals surface area contributed by atoms with Gasteiger partial charge in [-0.3, -0.25) is 4.79 Å². The van der Waals surface area contributed by atoms with E-state index in [0.29, 0.717) is 24.4 Å². The molecule has 1 aromatic carbocycles. The molecule has 0 saturated heterocycles. The van der Waals surface area contributed by atoms with Crippen molar-refractivity contribution in [2.75, 3.05) is 13.7 Å². The quantitative estimate of drug-likeness (QED) is 0.849. The van der Waals surface area contributed by atoms with Crippen LogP contribution in [0.2, 0.25) is 0 Å². The number of nitrogens with one attached hydrogen (secondary N) is 1. The molecule has 0 aliphatic rings. The van der Waals surface area contributed by atoms with E-state index in [0.717, 1.165) is 10.4 Å². The van der Waals surface area contributed by atoms with Crippen molar-refractivity contribution in [3.63, 3.8) is 0 Å². The summed E-state index contributed by atoms with van der Waals surface area (Å²) in [7, 11) is 1.57. The van der Waals surface area contributed by atoms with Gasteiger partial charge in [-0.05, 0) is 29.6 Å². The summed E-state index contributed by atoms with van der Waals surface area (Å²) in [5.41, 5.74) is 6.85. The molecule has 2 rings (SSSR count). The first-order valence-electron chi connectivity index (χ1n) is 6.42. The summed E-state index contributed by atoms with van der Waals surface area (Å²) >= 11 is 1.56. The van der Waals surface area contributed by atoms with Gasteiger partial charge in [0.05, 0.1) is 20.2 Å². The van der Waals surface area contributed by atoms with Crippen molar-refractivity contribution in [3.05, 3.63) is 51.7 Å². The summed E-state index contributed by atoms with van der Waals surface area (Å²) in [6, 6.07) is 8.98. The number of carbonyl (C=O) groups excluding carboxylic acids is 1. The second kappa shape index (κ2) is 7.48. The molecule has 0 saturated carbocycles. The molecule has 0 bridgehead atoms. The van der Waals surface area contributed by atoms with E-state index < -0.39 is 0 Å². The number of nitrogens with two attached hydrogens (primary N) is 1. The van der Waals surface area contributed by atoms with Crippen LogP contribution in [0.1, 0.15) is 20.8 Å². The highest BCUT2D eigenvalue weighted by molar-refractivity contribution is 7.10. The number of hydrogen-bond donors (Lipinski definition) is 2. The van der Waals surface area contributed by atoms with Gasteiger partial charge in [0.25, 0.3) is 5.91 Å². The highest BCUT2D eigenvalue weighted by atomic mass is 32.1. The third kappa shape index (κ3) is 4.09. The fourth-order valence-electron chi connectivity index (χ4n) is 1.76. The van der Waals surface area contributed by atoms with Crippen LogP contribution in [-0.4, -0.2) is 19.6 Å². The lowest BCUT2D eigenvalue weighted by Gasteiger charge is -2.06. The van der Waals surface area contributed by atoms with E-state index in [1.807, 2.05) is 11.4 Å². The molecule has 1 amide bonds. The van der Waals surface area contributed by atoms with Crippen LogP contribution in [0.3, 0.4) is 0 Å². The van der Waals surface area contributed by atoms with Gasteiger partial charge < -0.3 is 15.8 Å². The molecule has 1 heterocycles. The Morgan fingerprint density at radius 2 is 2.29 bits per heavy atom. The molecule has 0 radical (unpaired) electrons. The topological polar surface area (TPSA) is 64.3 Å². The molecule has 5 heteroatoms. The van der Waals surface area contributed by atoms with Crippen molar-refractivity contribution in [1.29, 1.82) is 0 Å². The van der Waals surface area contributed by atoms with Crippen LogP contribution >= 0.6 is 11.3 Å². The Morgan fingerprint density at radius 1 is 1.43 bits per heavy atom. The third-order valence-corrected chi connectivity index (χ3v) is 3.73. The van der Waals surface area contributed by atoms with Crippen molar-refractivity contribution < 1.29 is 9.53 Å². The van der Waals surface area contributed by atoms with Gasteiger partial charge in [-0.2, -0.15) is 0 Å². The lowest BCUT2D eigenvalue weighted by atomic mass is 10.2. The average molecular weight is 300 g/mol. The Kier molecular flexibility index (Phi) is 5.38. The highest BCUT2D eigenvalue weighted by Crippen LogP contribution is 2.16. The average Bonchev–Trinajstić information content (AvgIpc) is 2.98. The summed E-state index contributed by atoms with van der Waals surface area (Å²) in [6.07, 6.45) is 0. The van der Waals surface area contributed by atoms with E-state index in [9.17, 15) is 4.79 Å². The first kappa shape index (κ1) is 15.1. The largest absolute Gasteiger partial charge is 0.497 e. The Balaban J connectivity index is 2.02. The second-order valence-corrected chi connectivity index (χ2v) is 5.18. The second-order valence-electron chi connectivity index (χ2n) is 4.18. The van der Waals surface area contributed by atoms with Crippen LogP contribution in [0.25, 0.3) is 0 Å². The molecule has 0 fully saturated rings. The van der Waals surface area contributed by atoms with Gasteiger partial charge >= 0.3 is 0 Å². The van der Waals surface area contributed by atoms with Crippen LogP contribution in [0.5, 0.6) is 5.75 Å². The van der Waals surface area contributed by atoms with Crippen LogP contribution in [0.15, 0.2) is 35.7 Å². The Hall–Kier alpha value is -2.29. The Morgan fingerprint density at radius 3 is 3.05 bits per heavy atom. The zero-order valence-corrected chi connectivity index (χ0v) is 12.5. The molecule has 0 unspecified atom stereocenters. The number of benzene rings is 1. The standard InChI is InChI=1S/C16H16N2O2S/c1-20-14-6-2-4-13(10-14)16(19)18-11-15-12(5-3-8-17)7-9-21-15/h2,4,6-7,9-10H,8,11,17H2,1H3,(H,18,19). The number of thiophene rings is 1. The van der Waals surface area contributed by atoms with E-state index in [-0.39, 0.29) is 5.91 Å². The van der Waals surface area contributed by atoms with Gasteiger partial charge in [0, 0.05) is 16.0 Å². The summed E-state index contributed by atoms with van der Waals surface area (Å²) in [6.45, 7) is 0.772. The molecule has 0 aliphatic heterocycles. The van der Waals surface area contributed by atoms with Gasteiger partial charge in [-0.25, -0.2) is 0 Å². The lowest BCUT2D eigenvalue weighted by molar-refractivity contribution is 0.0951. The fourth-order valence-corrected chi connectivity index (χ4v) is 2.53. The normalized spacial score (nSPS) is 9.62. The number of methoxy groups -OCH3 is 1. The third-order valence-electron chi connectivity index (χ3n) is 2.81. The zero-order chi connectivity index (χ0) is 15.1. The van der Waals surface area contributed by atoms with Crippen LogP contribution in [-0.2, 0) is 6.54 Å². The molecule has 2 aromatic rings. The predicted octanol–water partition coefficient (Wildman–Crippen LogP) is 2.00. The van der Waals surface area contributed by atoms with Gasteiger partial charge in [0.2, 0.25) is 0 Å². The monoisotopic (exact) mass is 300 g/mol.